The second-order valence-electron chi connectivity index (χ2n) is 11.8. The molecular formula is C26H46O6Si. The molecule has 6 nitrogen and oxygen atoms in total. The Morgan fingerprint density at radius 2 is 1.73 bits per heavy atom. The fourth-order valence-corrected chi connectivity index (χ4v) is 11.9. The van der Waals surface area contributed by atoms with E-state index in [0.29, 0.717) is 31.5 Å². The molecule has 33 heavy (non-hydrogen) atoms. The second kappa shape index (κ2) is 8.25. The van der Waals surface area contributed by atoms with Crippen molar-refractivity contribution in [2.45, 2.75) is 114 Å². The van der Waals surface area contributed by atoms with Crippen molar-refractivity contribution in [3.8, 4) is 0 Å². The van der Waals surface area contributed by atoms with Gasteiger partial charge < -0.3 is 28.5 Å². The predicted octanol–water partition coefficient (Wildman–Crippen LogP) is 4.36. The number of hydrogen-bond donors (Lipinski definition) is 1. The maximum Gasteiger partial charge on any atom is 0.203 e. The van der Waals surface area contributed by atoms with E-state index in [4.69, 9.17) is 23.4 Å². The van der Waals surface area contributed by atoms with Crippen LogP contribution in [0.3, 0.4) is 0 Å². The molecule has 0 radical (unpaired) electrons. The Balaban J connectivity index is 1.58. The zero-order valence-corrected chi connectivity index (χ0v) is 22.8. The van der Waals surface area contributed by atoms with Gasteiger partial charge in [0.2, 0.25) is 5.79 Å². The maximum atomic E-state index is 11.7. The van der Waals surface area contributed by atoms with Crippen LogP contribution in [0.15, 0.2) is 0 Å². The molecule has 5 rings (SSSR count). The second-order valence-corrected chi connectivity index (χ2v) is 16.5. The van der Waals surface area contributed by atoms with Gasteiger partial charge in [-0.25, -0.2) is 0 Å². The largest absolute Gasteiger partial charge is 0.411 e. The van der Waals surface area contributed by atoms with Crippen molar-refractivity contribution in [2.75, 3.05) is 20.3 Å². The smallest absolute Gasteiger partial charge is 0.203 e. The van der Waals surface area contributed by atoms with Crippen LogP contribution < -0.4 is 0 Å². The highest BCUT2D eigenvalue weighted by Gasteiger charge is 2.82. The van der Waals surface area contributed by atoms with Crippen LogP contribution in [0.1, 0.15) is 60.8 Å². The molecule has 0 aromatic rings. The van der Waals surface area contributed by atoms with Gasteiger partial charge in [0.1, 0.15) is 5.60 Å². The van der Waals surface area contributed by atoms with Crippen LogP contribution in [0.2, 0.25) is 18.1 Å². The molecule has 0 amide bonds. The quantitative estimate of drug-likeness (QED) is 0.493. The minimum atomic E-state index is -1.79. The van der Waals surface area contributed by atoms with Crippen molar-refractivity contribution in [3.05, 3.63) is 0 Å². The summed E-state index contributed by atoms with van der Waals surface area (Å²) in [6.07, 6.45) is 3.06. The number of fused-ring (bicyclic) bond motifs is 1. The molecule has 11 atom stereocenters. The van der Waals surface area contributed by atoms with Gasteiger partial charge in [0, 0.05) is 37.4 Å². The summed E-state index contributed by atoms with van der Waals surface area (Å²) in [5.41, 5.74) is -1.30. The van der Waals surface area contributed by atoms with E-state index in [1.807, 2.05) is 13.8 Å². The summed E-state index contributed by atoms with van der Waals surface area (Å²) >= 11 is 0. The van der Waals surface area contributed by atoms with Crippen molar-refractivity contribution in [1.82, 2.24) is 0 Å². The highest BCUT2D eigenvalue weighted by Crippen LogP contribution is 2.72. The first-order valence-corrected chi connectivity index (χ1v) is 16.1. The van der Waals surface area contributed by atoms with Crippen LogP contribution in [-0.2, 0) is 23.4 Å². The Morgan fingerprint density at radius 3 is 2.33 bits per heavy atom. The Bertz CT molecular complexity index is 734. The summed E-state index contributed by atoms with van der Waals surface area (Å²) in [6, 6.07) is 3.46. The van der Waals surface area contributed by atoms with Crippen molar-refractivity contribution >= 4 is 8.32 Å². The third kappa shape index (κ3) is 3.06. The summed E-state index contributed by atoms with van der Waals surface area (Å²) in [4.78, 5) is 0. The standard InChI is InChI=1S/C26H46O6Si/c1-8-29-26-21-19(14-24(26,6)27)25-16(5)12-20(30-25)23(32-33(9-2,10-3)11-4)18(25)13-17(15-28-7)22(21)31-26/h16-23,27H,8-15H2,1-7H3/t16-,17+,18-,19-,20+,21?,22-,23-,24+,25-,26-/m1/s1. The first-order valence-electron chi connectivity index (χ1n) is 13.6. The third-order valence-electron chi connectivity index (χ3n) is 10.6. The molecule has 7 heteroatoms. The van der Waals surface area contributed by atoms with E-state index in [2.05, 4.69) is 27.7 Å². The maximum absolute atomic E-state index is 11.7. The molecule has 1 unspecified atom stereocenters. The molecule has 3 heterocycles. The van der Waals surface area contributed by atoms with Crippen LogP contribution in [0, 0.1) is 29.6 Å². The van der Waals surface area contributed by atoms with E-state index in [1.54, 1.807) is 7.11 Å². The lowest BCUT2D eigenvalue weighted by atomic mass is 9.62. The Morgan fingerprint density at radius 1 is 1.03 bits per heavy atom. The summed E-state index contributed by atoms with van der Waals surface area (Å²) < 4.78 is 32.9. The molecule has 3 aliphatic heterocycles. The zero-order valence-electron chi connectivity index (χ0n) is 21.8. The van der Waals surface area contributed by atoms with Crippen molar-refractivity contribution < 1.29 is 28.5 Å². The molecule has 5 aliphatic rings. The van der Waals surface area contributed by atoms with Crippen LogP contribution >= 0.6 is 0 Å². The van der Waals surface area contributed by atoms with E-state index in [0.717, 1.165) is 31.0 Å². The summed E-state index contributed by atoms with van der Waals surface area (Å²) in [6.45, 7) is 14.4. The highest BCUT2D eigenvalue weighted by atomic mass is 28.4. The predicted molar refractivity (Wildman–Crippen MR) is 128 cm³/mol. The molecular weight excluding hydrogens is 436 g/mol. The van der Waals surface area contributed by atoms with Crippen molar-refractivity contribution in [3.63, 3.8) is 0 Å². The van der Waals surface area contributed by atoms with Gasteiger partial charge in [0.15, 0.2) is 8.32 Å². The van der Waals surface area contributed by atoms with Gasteiger partial charge >= 0.3 is 0 Å². The average Bonchev–Trinajstić information content (AvgIpc) is 3.29. The van der Waals surface area contributed by atoms with Gasteiger partial charge in [-0.05, 0) is 57.2 Å². The molecule has 0 aromatic heterocycles. The lowest BCUT2D eigenvalue weighted by molar-refractivity contribution is -0.428. The zero-order chi connectivity index (χ0) is 23.8. The molecule has 190 valence electrons. The fraction of sp³-hybridized carbons (Fsp3) is 1.00. The first kappa shape index (κ1) is 24.7. The van der Waals surface area contributed by atoms with Crippen LogP contribution in [-0.4, -0.2) is 69.0 Å². The SMILES string of the molecule is CCO[C@@]12O[C@H]3C1[C@@H](C[C@]2(C)O)[C@@]12O[C@@H](C[C@H]1C)[C@H](O[Si](CC)(CC)CC)[C@H]2C[C@H]3COC. The fourth-order valence-electron chi connectivity index (χ4n) is 8.96. The molecule has 3 saturated heterocycles. The van der Waals surface area contributed by atoms with E-state index >= 15 is 0 Å². The Kier molecular flexibility index (Phi) is 6.17. The van der Waals surface area contributed by atoms with Gasteiger partial charge in [-0.2, -0.15) is 0 Å². The van der Waals surface area contributed by atoms with Crippen LogP contribution in [0.25, 0.3) is 0 Å². The van der Waals surface area contributed by atoms with E-state index in [-0.39, 0.29) is 41.7 Å². The minimum absolute atomic E-state index is 0.0384. The number of hydrogen-bond acceptors (Lipinski definition) is 6. The Hall–Kier alpha value is -0.0231. The van der Waals surface area contributed by atoms with Crippen molar-refractivity contribution in [2.24, 2.45) is 29.6 Å². The summed E-state index contributed by atoms with van der Waals surface area (Å²) in [7, 11) is -0.00491. The van der Waals surface area contributed by atoms with Gasteiger partial charge in [0.05, 0.1) is 30.5 Å². The monoisotopic (exact) mass is 482 g/mol. The number of rotatable bonds is 9. The van der Waals surface area contributed by atoms with Crippen LogP contribution in [0.4, 0.5) is 0 Å². The molecule has 1 N–H and O–H groups in total. The van der Waals surface area contributed by atoms with Gasteiger partial charge in [-0.15, -0.1) is 0 Å². The topological polar surface area (TPSA) is 66.4 Å². The van der Waals surface area contributed by atoms with Gasteiger partial charge in [-0.1, -0.05) is 27.7 Å². The third-order valence-corrected chi connectivity index (χ3v) is 15.3. The van der Waals surface area contributed by atoms with E-state index < -0.39 is 19.7 Å². The lowest BCUT2D eigenvalue weighted by Gasteiger charge is -2.57. The van der Waals surface area contributed by atoms with E-state index in [1.165, 1.54) is 0 Å². The van der Waals surface area contributed by atoms with E-state index in [9.17, 15) is 5.11 Å². The molecule has 0 aromatic carbocycles. The first-order chi connectivity index (χ1) is 15.7. The summed E-state index contributed by atoms with van der Waals surface area (Å²) in [5, 5.41) is 11.7. The van der Waals surface area contributed by atoms with Crippen molar-refractivity contribution in [1.29, 1.82) is 0 Å². The molecule has 2 aliphatic carbocycles. The Labute approximate surface area is 201 Å². The highest BCUT2D eigenvalue weighted by molar-refractivity contribution is 6.73. The molecule has 2 saturated carbocycles. The normalized spacial score (nSPS) is 52.4. The minimum Gasteiger partial charge on any atom is -0.411 e. The number of aliphatic hydroxyl groups is 1. The molecule has 2 bridgehead atoms. The molecule has 5 fully saturated rings. The number of ether oxygens (including phenoxy) is 4. The van der Waals surface area contributed by atoms with Gasteiger partial charge in [0.25, 0.3) is 0 Å². The van der Waals surface area contributed by atoms with Gasteiger partial charge in [-0.3, -0.25) is 0 Å². The average molecular weight is 483 g/mol. The molecule has 1 spiro atoms. The van der Waals surface area contributed by atoms with Crippen LogP contribution in [0.5, 0.6) is 0 Å². The lowest BCUT2D eigenvalue weighted by Crippen LogP contribution is -2.70. The summed E-state index contributed by atoms with van der Waals surface area (Å²) in [5.74, 6) is 0.421. The number of methoxy groups -OCH3 is 1.